The first-order chi connectivity index (χ1) is 11.2. The third-order valence-corrected chi connectivity index (χ3v) is 6.14. The molecule has 1 saturated heterocycles. The average Bonchev–Trinajstić information content (AvgIpc) is 2.54. The van der Waals surface area contributed by atoms with Crippen LogP contribution in [0.5, 0.6) is 0 Å². The van der Waals surface area contributed by atoms with E-state index in [1.807, 2.05) is 0 Å². The Kier molecular flexibility index (Phi) is 5.84. The maximum absolute atomic E-state index is 12.4. The number of carbonyl (C=O) groups is 2. The van der Waals surface area contributed by atoms with Gasteiger partial charge >= 0.3 is 5.97 Å². The number of rotatable bonds is 5. The molecule has 1 unspecified atom stereocenters. The number of piperidine rings is 1. The van der Waals surface area contributed by atoms with Gasteiger partial charge in [-0.25, -0.2) is 17.5 Å². The molecule has 7 nitrogen and oxygen atoms in total. The van der Waals surface area contributed by atoms with Crippen molar-refractivity contribution in [2.75, 3.05) is 24.2 Å². The smallest absolute Gasteiger partial charge is 0.337 e. The van der Waals surface area contributed by atoms with Crippen LogP contribution in [-0.2, 0) is 14.8 Å². The lowest BCUT2D eigenvalue weighted by Gasteiger charge is -2.30. The highest BCUT2D eigenvalue weighted by atomic mass is 35.5. The minimum atomic E-state index is -3.32. The maximum Gasteiger partial charge on any atom is 0.337 e. The molecule has 1 aromatic rings. The van der Waals surface area contributed by atoms with Crippen molar-refractivity contribution in [3.05, 3.63) is 28.8 Å². The number of carboxylic acids is 1. The molecule has 1 aliphatic heterocycles. The van der Waals surface area contributed by atoms with Crippen molar-refractivity contribution in [1.82, 2.24) is 4.31 Å². The number of sulfonamides is 1. The molecule has 2 N–H and O–H groups in total. The van der Waals surface area contributed by atoms with Crippen molar-refractivity contribution < 1.29 is 23.1 Å². The van der Waals surface area contributed by atoms with Gasteiger partial charge in [0.2, 0.25) is 15.9 Å². The Bertz CT molecular complexity index is 750. The second-order valence-corrected chi connectivity index (χ2v) is 8.25. The lowest BCUT2D eigenvalue weighted by atomic mass is 9.98. The predicted molar refractivity (Wildman–Crippen MR) is 90.8 cm³/mol. The van der Waals surface area contributed by atoms with Crippen LogP contribution in [0.2, 0.25) is 5.02 Å². The van der Waals surface area contributed by atoms with Crippen LogP contribution in [0.1, 0.15) is 30.1 Å². The summed E-state index contributed by atoms with van der Waals surface area (Å²) in [4.78, 5) is 23.3. The van der Waals surface area contributed by atoms with Gasteiger partial charge in [0.1, 0.15) is 0 Å². The maximum atomic E-state index is 12.4. The van der Waals surface area contributed by atoms with Crippen LogP contribution >= 0.6 is 11.6 Å². The molecule has 0 saturated carbocycles. The number of anilines is 1. The summed E-state index contributed by atoms with van der Waals surface area (Å²) in [5, 5.41) is 11.6. The summed E-state index contributed by atoms with van der Waals surface area (Å²) in [7, 11) is -3.32. The summed E-state index contributed by atoms with van der Waals surface area (Å²) in [5.41, 5.74) is 0.331. The van der Waals surface area contributed by atoms with Crippen LogP contribution in [0.25, 0.3) is 0 Å². The van der Waals surface area contributed by atoms with Crippen LogP contribution in [-0.4, -0.2) is 48.5 Å². The number of carbonyl (C=O) groups excluding carboxylic acids is 1. The van der Waals surface area contributed by atoms with Gasteiger partial charge in [-0.2, -0.15) is 0 Å². The van der Waals surface area contributed by atoms with E-state index in [1.54, 1.807) is 6.92 Å². The zero-order chi connectivity index (χ0) is 17.9. The van der Waals surface area contributed by atoms with E-state index >= 15 is 0 Å². The summed E-state index contributed by atoms with van der Waals surface area (Å²) < 4.78 is 25.2. The molecule has 0 aliphatic carbocycles. The normalized spacial score (nSPS) is 19.0. The predicted octanol–water partition coefficient (Wildman–Crippen LogP) is 2.04. The summed E-state index contributed by atoms with van der Waals surface area (Å²) >= 11 is 5.88. The first-order valence-corrected chi connectivity index (χ1v) is 9.55. The van der Waals surface area contributed by atoms with Crippen molar-refractivity contribution in [3.63, 3.8) is 0 Å². The van der Waals surface area contributed by atoms with Gasteiger partial charge in [-0.3, -0.25) is 4.79 Å². The Morgan fingerprint density at radius 1 is 1.42 bits per heavy atom. The van der Waals surface area contributed by atoms with Crippen LogP contribution in [0, 0.1) is 5.92 Å². The minimum Gasteiger partial charge on any atom is -0.478 e. The lowest BCUT2D eigenvalue weighted by molar-refractivity contribution is -0.120. The first kappa shape index (κ1) is 18.7. The number of halogens is 1. The summed E-state index contributed by atoms with van der Waals surface area (Å²) in [6, 6.07) is 4.14. The SMILES string of the molecule is CCS(=O)(=O)N1CCCC(C(=O)Nc2ccc(C(=O)O)c(Cl)c2)C1. The molecular weight excluding hydrogens is 356 g/mol. The van der Waals surface area contributed by atoms with E-state index in [0.717, 1.165) is 0 Å². The molecule has 132 valence electrons. The Morgan fingerprint density at radius 3 is 2.71 bits per heavy atom. The zero-order valence-corrected chi connectivity index (χ0v) is 14.7. The van der Waals surface area contributed by atoms with Crippen molar-refractivity contribution in [3.8, 4) is 0 Å². The van der Waals surface area contributed by atoms with E-state index in [4.69, 9.17) is 16.7 Å². The van der Waals surface area contributed by atoms with E-state index in [2.05, 4.69) is 5.32 Å². The largest absolute Gasteiger partial charge is 0.478 e. The third-order valence-electron chi connectivity index (χ3n) is 3.98. The number of carboxylic acid groups (broad SMARTS) is 1. The monoisotopic (exact) mass is 374 g/mol. The Morgan fingerprint density at radius 2 is 2.12 bits per heavy atom. The van der Waals surface area contributed by atoms with Crippen molar-refractivity contribution >= 4 is 39.2 Å². The third kappa shape index (κ3) is 4.25. The summed E-state index contributed by atoms with van der Waals surface area (Å²) in [5.74, 6) is -1.89. The van der Waals surface area contributed by atoms with Gasteiger partial charge in [0.25, 0.3) is 0 Å². The number of aromatic carboxylic acids is 1. The number of hydrogen-bond acceptors (Lipinski definition) is 4. The fraction of sp³-hybridized carbons (Fsp3) is 0.467. The summed E-state index contributed by atoms with van der Waals surface area (Å²) in [6.07, 6.45) is 1.22. The molecule has 1 fully saturated rings. The number of benzene rings is 1. The van der Waals surface area contributed by atoms with E-state index in [-0.39, 0.29) is 28.8 Å². The van der Waals surface area contributed by atoms with Crippen LogP contribution in [0.15, 0.2) is 18.2 Å². The van der Waals surface area contributed by atoms with E-state index in [1.165, 1.54) is 22.5 Å². The van der Waals surface area contributed by atoms with Crippen molar-refractivity contribution in [2.24, 2.45) is 5.92 Å². The second-order valence-electron chi connectivity index (χ2n) is 5.59. The summed E-state index contributed by atoms with van der Waals surface area (Å²) in [6.45, 7) is 2.16. The molecule has 0 aromatic heterocycles. The number of amides is 1. The van der Waals surface area contributed by atoms with E-state index in [0.29, 0.717) is 25.1 Å². The van der Waals surface area contributed by atoms with E-state index < -0.39 is 21.9 Å². The zero-order valence-electron chi connectivity index (χ0n) is 13.2. The van der Waals surface area contributed by atoms with Gasteiger partial charge in [-0.1, -0.05) is 11.6 Å². The lowest BCUT2D eigenvalue weighted by Crippen LogP contribution is -2.44. The fourth-order valence-electron chi connectivity index (χ4n) is 2.60. The van der Waals surface area contributed by atoms with Gasteiger partial charge in [0, 0.05) is 18.8 Å². The molecule has 2 rings (SSSR count). The number of hydrogen-bond donors (Lipinski definition) is 2. The molecular formula is C15H19ClN2O5S. The molecule has 0 spiro atoms. The number of nitrogens with zero attached hydrogens (tertiary/aromatic N) is 1. The Hall–Kier alpha value is -1.64. The highest BCUT2D eigenvalue weighted by Crippen LogP contribution is 2.24. The molecule has 1 aliphatic rings. The van der Waals surface area contributed by atoms with Crippen LogP contribution in [0.4, 0.5) is 5.69 Å². The average molecular weight is 375 g/mol. The Balaban J connectivity index is 2.07. The second kappa shape index (κ2) is 7.50. The van der Waals surface area contributed by atoms with Gasteiger partial charge in [-0.05, 0) is 38.0 Å². The molecule has 1 atom stereocenters. The first-order valence-electron chi connectivity index (χ1n) is 7.56. The molecule has 0 radical (unpaired) electrons. The molecule has 9 heteroatoms. The quantitative estimate of drug-likeness (QED) is 0.820. The minimum absolute atomic E-state index is 0.00754. The van der Waals surface area contributed by atoms with Gasteiger partial charge < -0.3 is 10.4 Å². The van der Waals surface area contributed by atoms with Crippen molar-refractivity contribution in [2.45, 2.75) is 19.8 Å². The molecule has 1 aromatic carbocycles. The van der Waals surface area contributed by atoms with Crippen molar-refractivity contribution in [1.29, 1.82) is 0 Å². The molecule has 24 heavy (non-hydrogen) atoms. The van der Waals surface area contributed by atoms with Crippen LogP contribution in [0.3, 0.4) is 0 Å². The molecule has 0 bridgehead atoms. The molecule has 1 heterocycles. The van der Waals surface area contributed by atoms with Gasteiger partial charge in [0.05, 0.1) is 22.3 Å². The van der Waals surface area contributed by atoms with E-state index in [9.17, 15) is 18.0 Å². The van der Waals surface area contributed by atoms with Gasteiger partial charge in [0.15, 0.2) is 0 Å². The fourth-order valence-corrected chi connectivity index (χ4v) is 4.04. The standard InChI is InChI=1S/C15H19ClN2O5S/c1-2-24(22,23)18-7-3-4-10(9-18)14(19)17-11-5-6-12(15(20)21)13(16)8-11/h5-6,8,10H,2-4,7,9H2,1H3,(H,17,19)(H,20,21). The molecule has 1 amide bonds. The Labute approximate surface area is 145 Å². The highest BCUT2D eigenvalue weighted by Gasteiger charge is 2.31. The number of nitrogens with one attached hydrogen (secondary N) is 1. The van der Waals surface area contributed by atoms with Gasteiger partial charge in [-0.15, -0.1) is 0 Å². The topological polar surface area (TPSA) is 104 Å². The highest BCUT2D eigenvalue weighted by molar-refractivity contribution is 7.89. The van der Waals surface area contributed by atoms with Crippen LogP contribution < -0.4 is 5.32 Å².